The molecular formula is C25H36IN5O2. The quantitative estimate of drug-likeness (QED) is 0.330. The Morgan fingerprint density at radius 2 is 1.55 bits per heavy atom. The Kier molecular flexibility index (Phi) is 10.1. The molecule has 7 nitrogen and oxygen atoms in total. The average Bonchev–Trinajstić information content (AvgIpc) is 2.86. The minimum absolute atomic E-state index is 0. The van der Waals surface area contributed by atoms with Gasteiger partial charge in [0.1, 0.15) is 5.75 Å². The van der Waals surface area contributed by atoms with Gasteiger partial charge in [-0.3, -0.25) is 9.89 Å². The molecule has 0 aromatic heterocycles. The highest BCUT2D eigenvalue weighted by atomic mass is 127. The number of morpholine rings is 1. The van der Waals surface area contributed by atoms with Crippen molar-refractivity contribution in [3.05, 3.63) is 59.7 Å². The van der Waals surface area contributed by atoms with Gasteiger partial charge in [-0.15, -0.1) is 24.0 Å². The number of aliphatic imine (C=N–C) groups is 1. The molecule has 2 saturated heterocycles. The minimum atomic E-state index is 0. The molecule has 2 fully saturated rings. The maximum Gasteiger partial charge on any atom is 0.194 e. The summed E-state index contributed by atoms with van der Waals surface area (Å²) >= 11 is 0. The normalized spacial score (nSPS) is 17.5. The van der Waals surface area contributed by atoms with Crippen LogP contribution >= 0.6 is 24.0 Å². The van der Waals surface area contributed by atoms with Crippen molar-refractivity contribution >= 4 is 35.6 Å². The minimum Gasteiger partial charge on any atom is -0.497 e. The van der Waals surface area contributed by atoms with Gasteiger partial charge in [-0.25, -0.2) is 0 Å². The summed E-state index contributed by atoms with van der Waals surface area (Å²) in [6.45, 7) is 9.35. The summed E-state index contributed by atoms with van der Waals surface area (Å²) in [7, 11) is 3.57. The number of methoxy groups -OCH3 is 1. The molecular weight excluding hydrogens is 529 g/mol. The maximum absolute atomic E-state index is 5.44. The van der Waals surface area contributed by atoms with Crippen LogP contribution in [0.4, 0.5) is 5.69 Å². The highest BCUT2D eigenvalue weighted by molar-refractivity contribution is 14.0. The van der Waals surface area contributed by atoms with Crippen LogP contribution in [-0.2, 0) is 17.8 Å². The van der Waals surface area contributed by atoms with Crippen LogP contribution in [0.5, 0.6) is 5.75 Å². The number of rotatable bonds is 6. The molecule has 2 heterocycles. The lowest BCUT2D eigenvalue weighted by Gasteiger charge is -2.37. The van der Waals surface area contributed by atoms with Crippen LogP contribution in [0.3, 0.4) is 0 Å². The second kappa shape index (κ2) is 13.0. The van der Waals surface area contributed by atoms with E-state index in [1.807, 2.05) is 19.2 Å². The first-order valence-corrected chi connectivity index (χ1v) is 11.5. The molecule has 8 heteroatoms. The Labute approximate surface area is 214 Å². The molecule has 1 N–H and O–H groups in total. The maximum atomic E-state index is 5.44. The van der Waals surface area contributed by atoms with Gasteiger partial charge < -0.3 is 24.6 Å². The van der Waals surface area contributed by atoms with Crippen molar-refractivity contribution in [1.29, 1.82) is 0 Å². The van der Waals surface area contributed by atoms with E-state index in [2.05, 4.69) is 61.4 Å². The molecule has 4 rings (SSSR count). The zero-order valence-electron chi connectivity index (χ0n) is 19.7. The Balaban J connectivity index is 0.00000306. The van der Waals surface area contributed by atoms with Gasteiger partial charge in [-0.1, -0.05) is 24.3 Å². The van der Waals surface area contributed by atoms with E-state index in [9.17, 15) is 0 Å². The molecule has 0 aliphatic carbocycles. The van der Waals surface area contributed by atoms with Gasteiger partial charge in [0, 0.05) is 65.1 Å². The third kappa shape index (κ3) is 7.22. The molecule has 2 aromatic carbocycles. The highest BCUT2D eigenvalue weighted by Gasteiger charge is 2.20. The van der Waals surface area contributed by atoms with Gasteiger partial charge in [0.2, 0.25) is 0 Å². The van der Waals surface area contributed by atoms with Crippen LogP contribution in [0.2, 0.25) is 0 Å². The van der Waals surface area contributed by atoms with Crippen molar-refractivity contribution in [3.8, 4) is 5.75 Å². The van der Waals surface area contributed by atoms with E-state index < -0.39 is 0 Å². The van der Waals surface area contributed by atoms with Crippen molar-refractivity contribution in [2.45, 2.75) is 13.1 Å². The number of halogens is 1. The number of nitrogens with zero attached hydrogens (tertiary/aromatic N) is 4. The van der Waals surface area contributed by atoms with Crippen molar-refractivity contribution in [1.82, 2.24) is 15.1 Å². The number of benzene rings is 2. The first kappa shape index (κ1) is 25.6. The summed E-state index contributed by atoms with van der Waals surface area (Å²) in [5, 5.41) is 3.54. The standard InChI is InChI=1S/C25H35N5O2.HI/c1-26-25(30-13-11-29(12-14-30)23-7-9-24(31-2)10-8-23)27-19-21-3-5-22(6-4-21)20-28-15-17-32-18-16-28;/h3-10H,11-20H2,1-2H3,(H,26,27);1H. The molecule has 2 aliphatic heterocycles. The van der Waals surface area contributed by atoms with Crippen molar-refractivity contribution in [3.63, 3.8) is 0 Å². The van der Waals surface area contributed by atoms with Gasteiger partial charge in [0.15, 0.2) is 5.96 Å². The summed E-state index contributed by atoms with van der Waals surface area (Å²) in [5.41, 5.74) is 3.87. The van der Waals surface area contributed by atoms with Crippen molar-refractivity contribution in [2.24, 2.45) is 4.99 Å². The second-order valence-corrected chi connectivity index (χ2v) is 8.28. The third-order valence-corrected chi connectivity index (χ3v) is 6.21. The van der Waals surface area contributed by atoms with Gasteiger partial charge in [-0.05, 0) is 35.4 Å². The van der Waals surface area contributed by atoms with Gasteiger partial charge in [0.05, 0.1) is 20.3 Å². The lowest BCUT2D eigenvalue weighted by Crippen LogP contribution is -2.52. The molecule has 0 unspecified atom stereocenters. The zero-order valence-corrected chi connectivity index (χ0v) is 22.0. The molecule has 0 atom stereocenters. The van der Waals surface area contributed by atoms with E-state index in [1.165, 1.54) is 16.8 Å². The molecule has 180 valence electrons. The molecule has 2 aromatic rings. The smallest absolute Gasteiger partial charge is 0.194 e. The van der Waals surface area contributed by atoms with E-state index in [1.54, 1.807) is 7.11 Å². The largest absolute Gasteiger partial charge is 0.497 e. The molecule has 2 aliphatic rings. The summed E-state index contributed by atoms with van der Waals surface area (Å²) in [6, 6.07) is 17.2. The molecule has 0 amide bonds. The summed E-state index contributed by atoms with van der Waals surface area (Å²) in [5.74, 6) is 1.86. The first-order valence-electron chi connectivity index (χ1n) is 11.5. The Morgan fingerprint density at radius 1 is 0.909 bits per heavy atom. The second-order valence-electron chi connectivity index (χ2n) is 8.28. The van der Waals surface area contributed by atoms with Crippen LogP contribution in [0.1, 0.15) is 11.1 Å². The van der Waals surface area contributed by atoms with E-state index in [4.69, 9.17) is 9.47 Å². The van der Waals surface area contributed by atoms with Crippen LogP contribution in [-0.4, -0.2) is 82.4 Å². The fourth-order valence-electron chi connectivity index (χ4n) is 4.26. The lowest BCUT2D eigenvalue weighted by atomic mass is 10.1. The van der Waals surface area contributed by atoms with Gasteiger partial charge >= 0.3 is 0 Å². The average molecular weight is 566 g/mol. The topological polar surface area (TPSA) is 52.6 Å². The number of hydrogen-bond acceptors (Lipinski definition) is 5. The molecule has 0 saturated carbocycles. The van der Waals surface area contributed by atoms with E-state index in [0.717, 1.165) is 77.3 Å². The Morgan fingerprint density at radius 3 is 2.15 bits per heavy atom. The summed E-state index contributed by atoms with van der Waals surface area (Å²) in [4.78, 5) is 11.7. The number of piperazine rings is 1. The van der Waals surface area contributed by atoms with Crippen molar-refractivity contribution in [2.75, 3.05) is 71.5 Å². The van der Waals surface area contributed by atoms with Gasteiger partial charge in [-0.2, -0.15) is 0 Å². The van der Waals surface area contributed by atoms with Crippen LogP contribution in [0, 0.1) is 0 Å². The molecule has 0 spiro atoms. The van der Waals surface area contributed by atoms with Crippen molar-refractivity contribution < 1.29 is 9.47 Å². The predicted molar refractivity (Wildman–Crippen MR) is 145 cm³/mol. The third-order valence-electron chi connectivity index (χ3n) is 6.21. The predicted octanol–water partition coefficient (Wildman–Crippen LogP) is 3.04. The number of guanidine groups is 1. The number of nitrogens with one attached hydrogen (secondary N) is 1. The monoisotopic (exact) mass is 565 g/mol. The molecule has 0 radical (unpaired) electrons. The van der Waals surface area contributed by atoms with Crippen LogP contribution in [0.15, 0.2) is 53.5 Å². The fraction of sp³-hybridized carbons (Fsp3) is 0.480. The highest BCUT2D eigenvalue weighted by Crippen LogP contribution is 2.20. The zero-order chi connectivity index (χ0) is 22.2. The first-order chi connectivity index (χ1) is 15.7. The van der Waals surface area contributed by atoms with E-state index in [0.29, 0.717) is 0 Å². The van der Waals surface area contributed by atoms with Gasteiger partial charge in [0.25, 0.3) is 0 Å². The van der Waals surface area contributed by atoms with Crippen LogP contribution in [0.25, 0.3) is 0 Å². The fourth-order valence-corrected chi connectivity index (χ4v) is 4.26. The summed E-state index contributed by atoms with van der Waals surface area (Å²) < 4.78 is 10.7. The number of ether oxygens (including phenoxy) is 2. The lowest BCUT2D eigenvalue weighted by molar-refractivity contribution is 0.0342. The number of hydrogen-bond donors (Lipinski definition) is 1. The Bertz CT molecular complexity index is 861. The van der Waals surface area contributed by atoms with E-state index in [-0.39, 0.29) is 24.0 Å². The van der Waals surface area contributed by atoms with Crippen LogP contribution < -0.4 is 15.0 Å². The SMILES string of the molecule is CN=C(NCc1ccc(CN2CCOCC2)cc1)N1CCN(c2ccc(OC)cc2)CC1.I. The van der Waals surface area contributed by atoms with E-state index >= 15 is 0 Å². The summed E-state index contributed by atoms with van der Waals surface area (Å²) in [6.07, 6.45) is 0. The Hall–Kier alpha value is -2.04. The molecule has 0 bridgehead atoms. The molecule has 33 heavy (non-hydrogen) atoms. The number of anilines is 1.